The molecule has 0 aliphatic rings. The quantitative estimate of drug-likeness (QED) is 0.556. The van der Waals surface area contributed by atoms with Crippen LogP contribution in [0.25, 0.3) is 11.5 Å². The minimum Gasteiger partial charge on any atom is -0.497 e. The Balaban J connectivity index is 1.64. The summed E-state index contributed by atoms with van der Waals surface area (Å²) in [7, 11) is 1.62. The third kappa shape index (κ3) is 3.92. The van der Waals surface area contributed by atoms with Gasteiger partial charge in [-0.1, -0.05) is 24.3 Å². The lowest BCUT2D eigenvalue weighted by Gasteiger charge is -2.06. The lowest BCUT2D eigenvalue weighted by atomic mass is 10.2. The zero-order valence-electron chi connectivity index (χ0n) is 13.3. The Morgan fingerprint density at radius 3 is 2.83 bits per heavy atom. The summed E-state index contributed by atoms with van der Waals surface area (Å²) in [5.74, 6) is 1.62. The van der Waals surface area contributed by atoms with Crippen molar-refractivity contribution in [2.75, 3.05) is 12.4 Å². The maximum absolute atomic E-state index is 5.90. The summed E-state index contributed by atoms with van der Waals surface area (Å²) in [5.41, 5.74) is 8.35. The molecule has 0 fully saturated rings. The van der Waals surface area contributed by atoms with E-state index in [1.807, 2.05) is 54.6 Å². The Morgan fingerprint density at radius 2 is 2.04 bits per heavy atom. The van der Waals surface area contributed by atoms with Crippen molar-refractivity contribution in [3.8, 4) is 17.2 Å². The molecule has 2 aromatic carbocycles. The highest BCUT2D eigenvalue weighted by Gasteiger charge is 2.06. The molecule has 122 valence electrons. The Bertz CT molecular complexity index is 828. The van der Waals surface area contributed by atoms with E-state index in [9.17, 15) is 0 Å². The van der Waals surface area contributed by atoms with E-state index in [0.29, 0.717) is 24.1 Å². The molecule has 1 heterocycles. The highest BCUT2D eigenvalue weighted by Crippen LogP contribution is 2.18. The number of anilines is 1. The van der Waals surface area contributed by atoms with Crippen LogP contribution in [0.5, 0.6) is 5.75 Å². The molecule has 3 N–H and O–H groups in total. The third-order valence-electron chi connectivity index (χ3n) is 3.33. The molecule has 0 bridgehead atoms. The number of hydrogen-bond donors (Lipinski definition) is 2. The van der Waals surface area contributed by atoms with Crippen LogP contribution in [-0.4, -0.2) is 18.1 Å². The van der Waals surface area contributed by atoms with E-state index in [-0.39, 0.29) is 0 Å². The van der Waals surface area contributed by atoms with Crippen LogP contribution in [0, 0.1) is 0 Å². The maximum Gasteiger partial charge on any atom is 0.226 e. The highest BCUT2D eigenvalue weighted by atomic mass is 16.5. The van der Waals surface area contributed by atoms with Gasteiger partial charge in [0.2, 0.25) is 5.89 Å². The highest BCUT2D eigenvalue weighted by molar-refractivity contribution is 5.92. The van der Waals surface area contributed by atoms with E-state index in [2.05, 4.69) is 15.3 Å². The molecule has 0 saturated carbocycles. The molecule has 0 aliphatic carbocycles. The summed E-state index contributed by atoms with van der Waals surface area (Å²) in [6.07, 6.45) is 1.59. The third-order valence-corrected chi connectivity index (χ3v) is 3.33. The number of aliphatic imine (C=N–C) groups is 1. The first-order valence-corrected chi connectivity index (χ1v) is 7.45. The summed E-state index contributed by atoms with van der Waals surface area (Å²) in [6.45, 7) is 0.332. The molecule has 6 nitrogen and oxygen atoms in total. The van der Waals surface area contributed by atoms with Gasteiger partial charge in [-0.2, -0.15) is 0 Å². The van der Waals surface area contributed by atoms with Crippen molar-refractivity contribution in [3.05, 3.63) is 66.6 Å². The van der Waals surface area contributed by atoms with Gasteiger partial charge in [0.1, 0.15) is 17.7 Å². The number of rotatable bonds is 5. The minimum absolute atomic E-state index is 0.299. The van der Waals surface area contributed by atoms with Gasteiger partial charge < -0.3 is 20.2 Å². The van der Waals surface area contributed by atoms with E-state index in [1.54, 1.807) is 13.4 Å². The molecular weight excluding hydrogens is 304 g/mol. The molecule has 6 heteroatoms. The molecule has 0 atom stereocenters. The largest absolute Gasteiger partial charge is 0.497 e. The van der Waals surface area contributed by atoms with Crippen LogP contribution in [0.4, 0.5) is 5.69 Å². The minimum atomic E-state index is 0.299. The lowest BCUT2D eigenvalue weighted by molar-refractivity contribution is 0.415. The van der Waals surface area contributed by atoms with Gasteiger partial charge >= 0.3 is 0 Å². The van der Waals surface area contributed by atoms with Crippen molar-refractivity contribution in [1.82, 2.24) is 4.98 Å². The average Bonchev–Trinajstić information content (AvgIpc) is 3.10. The second kappa shape index (κ2) is 7.32. The van der Waals surface area contributed by atoms with Crippen molar-refractivity contribution in [2.45, 2.75) is 6.54 Å². The first-order chi connectivity index (χ1) is 11.7. The predicted octanol–water partition coefficient (Wildman–Crippen LogP) is 3.28. The van der Waals surface area contributed by atoms with Gasteiger partial charge in [0, 0.05) is 17.3 Å². The van der Waals surface area contributed by atoms with Crippen LogP contribution >= 0.6 is 0 Å². The molecule has 3 rings (SSSR count). The predicted molar refractivity (Wildman–Crippen MR) is 93.9 cm³/mol. The second-order valence-corrected chi connectivity index (χ2v) is 5.07. The number of guanidine groups is 1. The van der Waals surface area contributed by atoms with Gasteiger partial charge in [0.15, 0.2) is 5.96 Å². The molecular formula is C18H18N4O2. The Hall–Kier alpha value is -3.28. The van der Waals surface area contributed by atoms with Crippen LogP contribution in [0.3, 0.4) is 0 Å². The monoisotopic (exact) mass is 322 g/mol. The van der Waals surface area contributed by atoms with Crippen molar-refractivity contribution < 1.29 is 9.15 Å². The van der Waals surface area contributed by atoms with Crippen LogP contribution in [0.1, 0.15) is 5.69 Å². The normalized spacial score (nSPS) is 11.3. The standard InChI is InChI=1S/C18H18N4O2/c1-23-16-9-5-8-14(10-16)22-18(19)20-11-15-12-24-17(21-15)13-6-3-2-4-7-13/h2-10,12H,11H2,1H3,(H3,19,20,22). The number of hydrogen-bond acceptors (Lipinski definition) is 4. The molecule has 0 aliphatic heterocycles. The number of nitrogens with two attached hydrogens (primary N) is 1. The summed E-state index contributed by atoms with van der Waals surface area (Å²) < 4.78 is 10.6. The Morgan fingerprint density at radius 1 is 1.21 bits per heavy atom. The number of oxazole rings is 1. The molecule has 0 amide bonds. The topological polar surface area (TPSA) is 85.7 Å². The van der Waals surface area contributed by atoms with Gasteiger partial charge in [-0.3, -0.25) is 0 Å². The number of ether oxygens (including phenoxy) is 1. The smallest absolute Gasteiger partial charge is 0.226 e. The number of nitrogens with one attached hydrogen (secondary N) is 1. The summed E-state index contributed by atoms with van der Waals surface area (Å²) in [6, 6.07) is 17.2. The summed E-state index contributed by atoms with van der Waals surface area (Å²) >= 11 is 0. The fourth-order valence-electron chi connectivity index (χ4n) is 2.15. The lowest BCUT2D eigenvalue weighted by Crippen LogP contribution is -2.22. The fraction of sp³-hybridized carbons (Fsp3) is 0.111. The maximum atomic E-state index is 5.90. The Kier molecular flexibility index (Phi) is 4.76. The number of methoxy groups -OCH3 is 1. The molecule has 0 saturated heterocycles. The number of benzene rings is 2. The van der Waals surface area contributed by atoms with Gasteiger partial charge in [-0.05, 0) is 24.3 Å². The molecule has 0 unspecified atom stereocenters. The molecule has 24 heavy (non-hydrogen) atoms. The summed E-state index contributed by atoms with van der Waals surface area (Å²) in [4.78, 5) is 8.68. The van der Waals surface area contributed by atoms with E-state index in [1.165, 1.54) is 0 Å². The average molecular weight is 322 g/mol. The molecule has 3 aromatic rings. The first kappa shape index (κ1) is 15.6. The number of nitrogens with zero attached hydrogens (tertiary/aromatic N) is 2. The summed E-state index contributed by atoms with van der Waals surface area (Å²) in [5, 5.41) is 3.01. The van der Waals surface area contributed by atoms with Crippen LogP contribution in [0.15, 0.2) is 70.3 Å². The Labute approximate surface area is 140 Å². The van der Waals surface area contributed by atoms with Crippen molar-refractivity contribution in [2.24, 2.45) is 10.7 Å². The van der Waals surface area contributed by atoms with Crippen molar-refractivity contribution in [3.63, 3.8) is 0 Å². The zero-order valence-corrected chi connectivity index (χ0v) is 13.3. The van der Waals surface area contributed by atoms with Crippen LogP contribution in [-0.2, 0) is 6.54 Å². The van der Waals surface area contributed by atoms with Gasteiger partial charge in [-0.15, -0.1) is 0 Å². The van der Waals surface area contributed by atoms with Gasteiger partial charge in [-0.25, -0.2) is 9.98 Å². The van der Waals surface area contributed by atoms with Crippen LogP contribution in [0.2, 0.25) is 0 Å². The van der Waals surface area contributed by atoms with E-state index in [4.69, 9.17) is 14.9 Å². The van der Waals surface area contributed by atoms with Gasteiger partial charge in [0.05, 0.1) is 13.7 Å². The van der Waals surface area contributed by atoms with Crippen molar-refractivity contribution >= 4 is 11.6 Å². The molecule has 0 spiro atoms. The second-order valence-electron chi connectivity index (χ2n) is 5.07. The van der Waals surface area contributed by atoms with Gasteiger partial charge in [0.25, 0.3) is 0 Å². The molecule has 0 radical (unpaired) electrons. The first-order valence-electron chi connectivity index (χ1n) is 7.45. The SMILES string of the molecule is COc1cccc(NC(N)=NCc2coc(-c3ccccc3)n2)c1. The van der Waals surface area contributed by atoms with E-state index < -0.39 is 0 Å². The van der Waals surface area contributed by atoms with Crippen molar-refractivity contribution in [1.29, 1.82) is 0 Å². The van der Waals surface area contributed by atoms with E-state index >= 15 is 0 Å². The fourth-order valence-corrected chi connectivity index (χ4v) is 2.15. The van der Waals surface area contributed by atoms with E-state index in [0.717, 1.165) is 17.0 Å². The van der Waals surface area contributed by atoms with Crippen LogP contribution < -0.4 is 15.8 Å². The molecule has 1 aromatic heterocycles. The zero-order chi connectivity index (χ0) is 16.8. The number of aromatic nitrogens is 1.